The summed E-state index contributed by atoms with van der Waals surface area (Å²) in [7, 11) is -3.27. The highest BCUT2D eigenvalue weighted by molar-refractivity contribution is 7.89. The van der Waals surface area contributed by atoms with Gasteiger partial charge >= 0.3 is 5.97 Å². The van der Waals surface area contributed by atoms with Gasteiger partial charge in [-0.05, 0) is 42.9 Å². The Bertz CT molecular complexity index is 566. The van der Waals surface area contributed by atoms with Gasteiger partial charge in [-0.15, -0.1) is 0 Å². The van der Waals surface area contributed by atoms with Crippen molar-refractivity contribution in [2.45, 2.75) is 25.7 Å². The number of hydrogen-bond donors (Lipinski definition) is 1. The number of carboxylic acid groups (broad SMARTS) is 1. The second-order valence-corrected chi connectivity index (χ2v) is 7.45. The molecule has 1 aromatic heterocycles. The van der Waals surface area contributed by atoms with Gasteiger partial charge in [-0.3, -0.25) is 9.78 Å². The number of carboxylic acids is 1. The monoisotopic (exact) mass is 312 g/mol. The molecule has 2 rings (SSSR count). The van der Waals surface area contributed by atoms with Crippen LogP contribution in [0.3, 0.4) is 0 Å². The number of hydrogen-bond acceptors (Lipinski definition) is 4. The molecule has 1 aliphatic rings. The molecule has 0 saturated carbocycles. The minimum atomic E-state index is -3.27. The lowest BCUT2D eigenvalue weighted by atomic mass is 9.95. The first-order valence-electron chi connectivity index (χ1n) is 7.06. The summed E-state index contributed by atoms with van der Waals surface area (Å²) in [5, 5.41) is 8.76. The van der Waals surface area contributed by atoms with E-state index in [4.69, 9.17) is 5.11 Å². The van der Waals surface area contributed by atoms with E-state index < -0.39 is 16.0 Å². The van der Waals surface area contributed by atoms with E-state index in [0.717, 1.165) is 5.56 Å². The Morgan fingerprint density at radius 2 is 1.90 bits per heavy atom. The lowest BCUT2D eigenvalue weighted by Gasteiger charge is -2.30. The zero-order chi connectivity index (χ0) is 15.3. The highest BCUT2D eigenvalue weighted by atomic mass is 32.2. The van der Waals surface area contributed by atoms with Crippen molar-refractivity contribution in [2.24, 2.45) is 5.92 Å². The second-order valence-electron chi connectivity index (χ2n) is 5.36. The first-order valence-corrected chi connectivity index (χ1v) is 8.67. The lowest BCUT2D eigenvalue weighted by molar-refractivity contribution is -0.138. The van der Waals surface area contributed by atoms with Gasteiger partial charge < -0.3 is 5.11 Å². The van der Waals surface area contributed by atoms with Crippen molar-refractivity contribution in [1.29, 1.82) is 0 Å². The van der Waals surface area contributed by atoms with Crippen molar-refractivity contribution in [3.63, 3.8) is 0 Å². The van der Waals surface area contributed by atoms with Gasteiger partial charge in [0.15, 0.2) is 0 Å². The van der Waals surface area contributed by atoms with E-state index in [9.17, 15) is 13.2 Å². The van der Waals surface area contributed by atoms with Crippen LogP contribution in [0.5, 0.6) is 0 Å². The Morgan fingerprint density at radius 1 is 1.29 bits per heavy atom. The first kappa shape index (κ1) is 15.9. The van der Waals surface area contributed by atoms with Crippen LogP contribution in [0.25, 0.3) is 0 Å². The van der Waals surface area contributed by atoms with Gasteiger partial charge in [-0.1, -0.05) is 0 Å². The number of pyridine rings is 1. The van der Waals surface area contributed by atoms with Gasteiger partial charge in [-0.2, -0.15) is 0 Å². The van der Waals surface area contributed by atoms with Gasteiger partial charge in [0.25, 0.3) is 0 Å². The van der Waals surface area contributed by atoms with E-state index in [1.807, 2.05) is 12.1 Å². The van der Waals surface area contributed by atoms with Crippen molar-refractivity contribution in [3.8, 4) is 0 Å². The SMILES string of the molecule is O=C(O)CC1CCN(S(=O)(=O)CCc2ccncc2)CC1. The number of nitrogens with zero attached hydrogens (tertiary/aromatic N) is 2. The molecule has 7 heteroatoms. The molecule has 0 amide bonds. The molecular formula is C14H20N2O4S. The predicted molar refractivity (Wildman–Crippen MR) is 78.3 cm³/mol. The summed E-state index contributed by atoms with van der Waals surface area (Å²) in [5.74, 6) is -0.635. The Morgan fingerprint density at radius 3 is 2.48 bits per heavy atom. The van der Waals surface area contributed by atoms with Crippen LogP contribution in [-0.2, 0) is 21.2 Å². The van der Waals surface area contributed by atoms with Crippen LogP contribution in [0.15, 0.2) is 24.5 Å². The van der Waals surface area contributed by atoms with Crippen molar-refractivity contribution < 1.29 is 18.3 Å². The normalized spacial score (nSPS) is 17.7. The third-order valence-corrected chi connectivity index (χ3v) is 5.70. The van der Waals surface area contributed by atoms with Crippen LogP contribution in [0.2, 0.25) is 0 Å². The van der Waals surface area contributed by atoms with Gasteiger partial charge in [0.1, 0.15) is 0 Å². The Labute approximate surface area is 124 Å². The maximum Gasteiger partial charge on any atom is 0.303 e. The second kappa shape index (κ2) is 7.00. The number of aliphatic carboxylic acids is 1. The quantitative estimate of drug-likeness (QED) is 0.851. The van der Waals surface area contributed by atoms with E-state index in [0.29, 0.717) is 32.4 Å². The fraction of sp³-hybridized carbons (Fsp3) is 0.571. The molecule has 0 radical (unpaired) electrons. The smallest absolute Gasteiger partial charge is 0.303 e. The van der Waals surface area contributed by atoms with E-state index in [2.05, 4.69) is 4.98 Å². The van der Waals surface area contributed by atoms with Crippen LogP contribution >= 0.6 is 0 Å². The molecule has 0 bridgehead atoms. The van der Waals surface area contributed by atoms with E-state index in [-0.39, 0.29) is 18.1 Å². The predicted octanol–water partition coefficient (Wildman–Crippen LogP) is 1.14. The summed E-state index contributed by atoms with van der Waals surface area (Å²) in [5.41, 5.74) is 0.953. The highest BCUT2D eigenvalue weighted by Gasteiger charge is 2.28. The van der Waals surface area contributed by atoms with Crippen LogP contribution in [0.1, 0.15) is 24.8 Å². The molecule has 1 aromatic rings. The molecule has 2 heterocycles. The summed E-state index contributed by atoms with van der Waals surface area (Å²) in [4.78, 5) is 14.6. The molecule has 1 N–H and O–H groups in total. The number of aryl methyl sites for hydroxylation is 1. The number of rotatable bonds is 6. The maximum atomic E-state index is 12.3. The van der Waals surface area contributed by atoms with E-state index in [1.54, 1.807) is 12.4 Å². The van der Waals surface area contributed by atoms with Crippen molar-refractivity contribution >= 4 is 16.0 Å². The third kappa shape index (κ3) is 4.78. The average Bonchev–Trinajstić information content (AvgIpc) is 2.46. The van der Waals surface area contributed by atoms with Gasteiger partial charge in [-0.25, -0.2) is 12.7 Å². The molecule has 1 saturated heterocycles. The Balaban J connectivity index is 1.85. The van der Waals surface area contributed by atoms with Crippen LogP contribution in [0, 0.1) is 5.92 Å². The van der Waals surface area contributed by atoms with Crippen LogP contribution < -0.4 is 0 Å². The third-order valence-electron chi connectivity index (χ3n) is 3.83. The van der Waals surface area contributed by atoms with E-state index >= 15 is 0 Å². The molecule has 21 heavy (non-hydrogen) atoms. The number of piperidine rings is 1. The topological polar surface area (TPSA) is 87.6 Å². The largest absolute Gasteiger partial charge is 0.481 e. The fourth-order valence-corrected chi connectivity index (χ4v) is 4.08. The molecule has 116 valence electrons. The number of carbonyl (C=O) groups is 1. The molecule has 0 atom stereocenters. The molecule has 1 aliphatic heterocycles. The summed E-state index contributed by atoms with van der Waals surface area (Å²) in [6, 6.07) is 3.63. The summed E-state index contributed by atoms with van der Waals surface area (Å²) in [6.07, 6.45) is 5.16. The highest BCUT2D eigenvalue weighted by Crippen LogP contribution is 2.22. The molecule has 0 spiro atoms. The molecule has 0 aromatic carbocycles. The summed E-state index contributed by atoms with van der Waals surface area (Å²) < 4.78 is 26.1. The van der Waals surface area contributed by atoms with Crippen molar-refractivity contribution in [3.05, 3.63) is 30.1 Å². The fourth-order valence-electron chi connectivity index (χ4n) is 2.56. The Hall–Kier alpha value is -1.47. The standard InChI is InChI=1S/C14H20N2O4S/c17-14(18)11-13-3-8-16(9-4-13)21(19,20)10-5-12-1-6-15-7-2-12/h1-2,6-7,13H,3-5,8-11H2,(H,17,18). The average molecular weight is 312 g/mol. The Kier molecular flexibility index (Phi) is 5.30. The summed E-state index contributed by atoms with van der Waals surface area (Å²) >= 11 is 0. The summed E-state index contributed by atoms with van der Waals surface area (Å²) in [6.45, 7) is 0.854. The molecule has 1 fully saturated rings. The van der Waals surface area contributed by atoms with Crippen LogP contribution in [-0.4, -0.2) is 47.6 Å². The minimum Gasteiger partial charge on any atom is -0.481 e. The minimum absolute atomic E-state index is 0.0839. The van der Waals surface area contributed by atoms with E-state index in [1.165, 1.54) is 4.31 Å². The molecule has 6 nitrogen and oxygen atoms in total. The maximum absolute atomic E-state index is 12.3. The van der Waals surface area contributed by atoms with Crippen LogP contribution in [0.4, 0.5) is 0 Å². The van der Waals surface area contributed by atoms with Gasteiger partial charge in [0, 0.05) is 31.9 Å². The molecular weight excluding hydrogens is 292 g/mol. The molecule has 0 aliphatic carbocycles. The van der Waals surface area contributed by atoms with Gasteiger partial charge in [0.05, 0.1) is 5.75 Å². The number of aromatic nitrogens is 1. The zero-order valence-corrected chi connectivity index (χ0v) is 12.6. The first-order chi connectivity index (χ1) is 9.97. The molecule has 0 unspecified atom stereocenters. The number of sulfonamides is 1. The lowest BCUT2D eigenvalue weighted by Crippen LogP contribution is -2.40. The van der Waals surface area contributed by atoms with Crippen molar-refractivity contribution in [2.75, 3.05) is 18.8 Å². The van der Waals surface area contributed by atoms with Gasteiger partial charge in [0.2, 0.25) is 10.0 Å². The van der Waals surface area contributed by atoms with Crippen molar-refractivity contribution in [1.82, 2.24) is 9.29 Å². The zero-order valence-electron chi connectivity index (χ0n) is 11.8.